The molecular formula is C23H21N5O4. The summed E-state index contributed by atoms with van der Waals surface area (Å²) in [7, 11) is 0. The number of carbonyl (C=O) groups excluding carboxylic acids is 2. The molecule has 0 bridgehead atoms. The number of nitrogens with zero attached hydrogens (tertiary/aromatic N) is 4. The maximum Gasteiger partial charge on any atom is 0.269 e. The molecule has 2 aromatic carbocycles. The van der Waals surface area contributed by atoms with E-state index < -0.39 is 11.0 Å². The van der Waals surface area contributed by atoms with Crippen LogP contribution in [-0.2, 0) is 9.59 Å². The Morgan fingerprint density at radius 1 is 1.16 bits per heavy atom. The standard InChI is InChI=1S/C23H21N5O4/c1-15-13-22(27(25-15)18-7-9-19(10-8-18)28(31)32)24-23(30)14-21-20-6-4-3-5-17(20)11-12-26(21)16(2)29/h3-13,21H,14H2,1-2H3,(H,24,30). The van der Waals surface area contributed by atoms with E-state index >= 15 is 0 Å². The van der Waals surface area contributed by atoms with Gasteiger partial charge < -0.3 is 10.2 Å². The maximum absolute atomic E-state index is 13.0. The molecule has 0 radical (unpaired) electrons. The van der Waals surface area contributed by atoms with Crippen LogP contribution in [0.15, 0.2) is 60.8 Å². The predicted octanol–water partition coefficient (Wildman–Crippen LogP) is 3.99. The van der Waals surface area contributed by atoms with Gasteiger partial charge in [-0.1, -0.05) is 24.3 Å². The van der Waals surface area contributed by atoms with Gasteiger partial charge in [-0.25, -0.2) is 4.68 Å². The summed E-state index contributed by atoms with van der Waals surface area (Å²) in [6.45, 7) is 3.26. The van der Waals surface area contributed by atoms with Gasteiger partial charge in [0, 0.05) is 31.3 Å². The first-order chi connectivity index (χ1) is 15.3. The average molecular weight is 431 g/mol. The first-order valence-corrected chi connectivity index (χ1v) is 10.0. The van der Waals surface area contributed by atoms with E-state index in [0.29, 0.717) is 17.2 Å². The highest BCUT2D eigenvalue weighted by Crippen LogP contribution is 2.33. The van der Waals surface area contributed by atoms with Crippen molar-refractivity contribution in [1.29, 1.82) is 0 Å². The molecular weight excluding hydrogens is 410 g/mol. The van der Waals surface area contributed by atoms with Crippen LogP contribution in [0.2, 0.25) is 0 Å². The van der Waals surface area contributed by atoms with Crippen molar-refractivity contribution in [3.63, 3.8) is 0 Å². The number of aryl methyl sites for hydroxylation is 1. The largest absolute Gasteiger partial charge is 0.311 e. The lowest BCUT2D eigenvalue weighted by molar-refractivity contribution is -0.384. The molecule has 9 heteroatoms. The fourth-order valence-corrected chi connectivity index (χ4v) is 3.78. The van der Waals surface area contributed by atoms with E-state index in [1.165, 1.54) is 23.7 Å². The van der Waals surface area contributed by atoms with Crippen molar-refractivity contribution in [2.45, 2.75) is 26.3 Å². The minimum atomic E-state index is -0.474. The molecule has 2 amide bonds. The Labute approximate surface area is 184 Å². The predicted molar refractivity (Wildman–Crippen MR) is 119 cm³/mol. The van der Waals surface area contributed by atoms with Gasteiger partial charge in [-0.15, -0.1) is 0 Å². The zero-order chi connectivity index (χ0) is 22.8. The van der Waals surface area contributed by atoms with Crippen LogP contribution in [0.25, 0.3) is 11.8 Å². The van der Waals surface area contributed by atoms with Gasteiger partial charge in [0.05, 0.1) is 28.8 Å². The van der Waals surface area contributed by atoms with Crippen LogP contribution >= 0.6 is 0 Å². The number of fused-ring (bicyclic) bond motifs is 1. The molecule has 4 rings (SSSR count). The molecule has 0 saturated carbocycles. The topological polar surface area (TPSA) is 110 Å². The zero-order valence-corrected chi connectivity index (χ0v) is 17.6. The van der Waals surface area contributed by atoms with E-state index in [0.717, 1.165) is 11.1 Å². The highest BCUT2D eigenvalue weighted by molar-refractivity contribution is 5.91. The summed E-state index contributed by atoms with van der Waals surface area (Å²) in [4.78, 5) is 37.1. The number of nitro groups is 1. The SMILES string of the molecule is CC(=O)N1C=Cc2ccccc2C1CC(=O)Nc1cc(C)nn1-c1ccc([N+](=O)[O-])cc1. The molecule has 1 unspecified atom stereocenters. The Balaban J connectivity index is 1.58. The molecule has 0 fully saturated rings. The summed E-state index contributed by atoms with van der Waals surface area (Å²) in [5.74, 6) is 0.00472. The summed E-state index contributed by atoms with van der Waals surface area (Å²) in [6.07, 6.45) is 3.62. The lowest BCUT2D eigenvalue weighted by Gasteiger charge is -2.32. The first kappa shape index (κ1) is 21.0. The number of nitro benzene ring substituents is 1. The summed E-state index contributed by atoms with van der Waals surface area (Å²) in [6, 6.07) is 14.9. The summed E-state index contributed by atoms with van der Waals surface area (Å²) in [5, 5.41) is 18.2. The summed E-state index contributed by atoms with van der Waals surface area (Å²) in [5.41, 5.74) is 3.09. The normalized spacial score (nSPS) is 14.7. The molecule has 32 heavy (non-hydrogen) atoms. The second-order valence-corrected chi connectivity index (χ2v) is 7.50. The summed E-state index contributed by atoms with van der Waals surface area (Å²) >= 11 is 0. The number of benzene rings is 2. The van der Waals surface area contributed by atoms with Gasteiger partial charge in [-0.05, 0) is 36.3 Å². The molecule has 9 nitrogen and oxygen atoms in total. The van der Waals surface area contributed by atoms with Crippen molar-refractivity contribution < 1.29 is 14.5 Å². The van der Waals surface area contributed by atoms with Crippen molar-refractivity contribution in [3.05, 3.63) is 87.7 Å². The molecule has 0 saturated heterocycles. The van der Waals surface area contributed by atoms with Crippen LogP contribution in [0.3, 0.4) is 0 Å². The number of non-ortho nitro benzene ring substituents is 1. The van der Waals surface area contributed by atoms with E-state index in [2.05, 4.69) is 10.4 Å². The Morgan fingerprint density at radius 2 is 1.88 bits per heavy atom. The highest BCUT2D eigenvalue weighted by Gasteiger charge is 2.28. The van der Waals surface area contributed by atoms with Gasteiger partial charge in [-0.2, -0.15) is 5.10 Å². The van der Waals surface area contributed by atoms with Gasteiger partial charge in [0.25, 0.3) is 5.69 Å². The number of hydrogen-bond acceptors (Lipinski definition) is 5. The number of amides is 2. The van der Waals surface area contributed by atoms with Crippen molar-refractivity contribution in [3.8, 4) is 5.69 Å². The minimum Gasteiger partial charge on any atom is -0.311 e. The molecule has 0 spiro atoms. The lowest BCUT2D eigenvalue weighted by Crippen LogP contribution is -2.33. The van der Waals surface area contributed by atoms with Crippen LogP contribution in [0.5, 0.6) is 0 Å². The Bertz CT molecular complexity index is 1230. The van der Waals surface area contributed by atoms with E-state index in [1.807, 2.05) is 30.3 Å². The molecule has 2 heterocycles. The molecule has 1 aliphatic heterocycles. The van der Waals surface area contributed by atoms with Crippen LogP contribution in [0, 0.1) is 17.0 Å². The third-order valence-electron chi connectivity index (χ3n) is 5.25. The van der Waals surface area contributed by atoms with Gasteiger partial charge in [-0.3, -0.25) is 19.7 Å². The third-order valence-corrected chi connectivity index (χ3v) is 5.25. The number of carbonyl (C=O) groups is 2. The van der Waals surface area contributed by atoms with Gasteiger partial charge in [0.2, 0.25) is 11.8 Å². The van der Waals surface area contributed by atoms with E-state index in [-0.39, 0.29) is 23.9 Å². The van der Waals surface area contributed by atoms with E-state index in [4.69, 9.17) is 0 Å². The lowest BCUT2D eigenvalue weighted by atomic mass is 9.93. The second-order valence-electron chi connectivity index (χ2n) is 7.50. The molecule has 3 aromatic rings. The number of hydrogen-bond donors (Lipinski definition) is 1. The minimum absolute atomic E-state index is 0.0310. The van der Waals surface area contributed by atoms with Crippen molar-refractivity contribution in [1.82, 2.24) is 14.7 Å². The van der Waals surface area contributed by atoms with Gasteiger partial charge in [0.15, 0.2) is 0 Å². The Hall–Kier alpha value is -4.27. The quantitative estimate of drug-likeness (QED) is 0.485. The molecule has 0 aliphatic carbocycles. The first-order valence-electron chi connectivity index (χ1n) is 10.0. The number of aromatic nitrogens is 2. The number of nitrogens with one attached hydrogen (secondary N) is 1. The Kier molecular flexibility index (Phi) is 5.55. The van der Waals surface area contributed by atoms with E-state index in [9.17, 15) is 19.7 Å². The second kappa shape index (κ2) is 8.46. The Morgan fingerprint density at radius 3 is 2.56 bits per heavy atom. The average Bonchev–Trinajstić information content (AvgIpc) is 3.13. The fraction of sp³-hybridized carbons (Fsp3) is 0.174. The maximum atomic E-state index is 13.0. The van der Waals surface area contributed by atoms with Crippen molar-refractivity contribution in [2.24, 2.45) is 0 Å². The number of rotatable bonds is 5. The molecule has 1 atom stereocenters. The van der Waals surface area contributed by atoms with Gasteiger partial charge >= 0.3 is 0 Å². The van der Waals surface area contributed by atoms with Crippen molar-refractivity contribution in [2.75, 3.05) is 5.32 Å². The fourth-order valence-electron chi connectivity index (χ4n) is 3.78. The zero-order valence-electron chi connectivity index (χ0n) is 17.6. The molecule has 1 aromatic heterocycles. The molecule has 1 aliphatic rings. The highest BCUT2D eigenvalue weighted by atomic mass is 16.6. The molecule has 162 valence electrons. The summed E-state index contributed by atoms with van der Waals surface area (Å²) < 4.78 is 1.52. The van der Waals surface area contributed by atoms with Crippen LogP contribution in [0.1, 0.15) is 36.2 Å². The van der Waals surface area contributed by atoms with Crippen LogP contribution in [-0.4, -0.2) is 31.4 Å². The van der Waals surface area contributed by atoms with Gasteiger partial charge in [0.1, 0.15) is 5.82 Å². The smallest absolute Gasteiger partial charge is 0.269 e. The van der Waals surface area contributed by atoms with Crippen LogP contribution in [0.4, 0.5) is 11.5 Å². The van der Waals surface area contributed by atoms with E-state index in [1.54, 1.807) is 36.2 Å². The van der Waals surface area contributed by atoms with Crippen LogP contribution < -0.4 is 5.32 Å². The van der Waals surface area contributed by atoms with Crippen molar-refractivity contribution >= 4 is 29.4 Å². The third kappa shape index (κ3) is 4.13. The monoisotopic (exact) mass is 431 g/mol. The molecule has 1 N–H and O–H groups in total. The number of anilines is 1.